The fourth-order valence-corrected chi connectivity index (χ4v) is 2.45. The van der Waals surface area contributed by atoms with Gasteiger partial charge in [-0.05, 0) is 13.0 Å². The van der Waals surface area contributed by atoms with Crippen molar-refractivity contribution in [3.05, 3.63) is 56.7 Å². The Morgan fingerprint density at radius 1 is 1.00 bits per heavy atom. The molecule has 21 heavy (non-hydrogen) atoms. The topological polar surface area (TPSA) is 69.2 Å². The van der Waals surface area contributed by atoms with Gasteiger partial charge in [-0.2, -0.15) is 4.73 Å². The molecular weight excluding hydrogens is 270 g/mol. The van der Waals surface area contributed by atoms with Gasteiger partial charge in [0, 0.05) is 19.7 Å². The summed E-state index contributed by atoms with van der Waals surface area (Å²) in [4.78, 5) is 24.1. The van der Waals surface area contributed by atoms with Crippen molar-refractivity contribution in [3.63, 3.8) is 0 Å². The van der Waals surface area contributed by atoms with E-state index in [1.165, 1.54) is 11.6 Å². The Hall–Kier alpha value is -2.76. The SMILES string of the molecule is Cc1ccc(-c2cc3c(c(=O)n(C)c(=O)n3C)n2O)cc1. The highest BCUT2D eigenvalue weighted by atomic mass is 16.5. The molecule has 0 unspecified atom stereocenters. The molecule has 0 radical (unpaired) electrons. The number of hydrogen-bond donors (Lipinski definition) is 1. The first-order valence-corrected chi connectivity index (χ1v) is 6.49. The Morgan fingerprint density at radius 2 is 1.62 bits per heavy atom. The summed E-state index contributed by atoms with van der Waals surface area (Å²) in [5.41, 5.74) is 1.90. The van der Waals surface area contributed by atoms with Gasteiger partial charge in [0.1, 0.15) is 0 Å². The first-order valence-electron chi connectivity index (χ1n) is 6.49. The van der Waals surface area contributed by atoms with Crippen molar-refractivity contribution in [3.8, 4) is 11.3 Å². The molecule has 1 aromatic carbocycles. The summed E-state index contributed by atoms with van der Waals surface area (Å²) in [5.74, 6) is 0. The second kappa shape index (κ2) is 4.37. The number of nitrogens with zero attached hydrogens (tertiary/aromatic N) is 3. The Labute approximate surface area is 120 Å². The summed E-state index contributed by atoms with van der Waals surface area (Å²) in [5, 5.41) is 10.3. The first kappa shape index (κ1) is 13.2. The van der Waals surface area contributed by atoms with Gasteiger partial charge in [0.2, 0.25) is 0 Å². The zero-order chi connectivity index (χ0) is 15.3. The first-order chi connectivity index (χ1) is 9.91. The zero-order valence-electron chi connectivity index (χ0n) is 12.0. The van der Waals surface area contributed by atoms with E-state index in [2.05, 4.69) is 0 Å². The van der Waals surface area contributed by atoms with E-state index in [-0.39, 0.29) is 5.52 Å². The van der Waals surface area contributed by atoms with Crippen LogP contribution in [0, 0.1) is 6.92 Å². The molecule has 0 aliphatic rings. The molecule has 0 saturated carbocycles. The second-order valence-corrected chi connectivity index (χ2v) is 5.15. The van der Waals surface area contributed by atoms with Gasteiger partial charge in [-0.25, -0.2) is 4.79 Å². The second-order valence-electron chi connectivity index (χ2n) is 5.15. The van der Waals surface area contributed by atoms with Gasteiger partial charge >= 0.3 is 5.69 Å². The minimum Gasteiger partial charge on any atom is -0.428 e. The lowest BCUT2D eigenvalue weighted by atomic mass is 10.1. The molecule has 1 N–H and O–H groups in total. The van der Waals surface area contributed by atoms with E-state index in [1.807, 2.05) is 31.2 Å². The molecule has 2 aromatic heterocycles. The number of aryl methyl sites for hydroxylation is 2. The maximum Gasteiger partial charge on any atom is 0.331 e. The molecule has 3 aromatic rings. The predicted molar refractivity (Wildman–Crippen MR) is 79.8 cm³/mol. The van der Waals surface area contributed by atoms with Gasteiger partial charge in [0.25, 0.3) is 5.56 Å². The highest BCUT2D eigenvalue weighted by Gasteiger charge is 2.17. The average molecular weight is 285 g/mol. The van der Waals surface area contributed by atoms with Crippen LogP contribution in [0.25, 0.3) is 22.3 Å². The molecule has 0 amide bonds. The smallest absolute Gasteiger partial charge is 0.331 e. The van der Waals surface area contributed by atoms with Crippen LogP contribution in [0.2, 0.25) is 0 Å². The molecule has 6 nitrogen and oxygen atoms in total. The number of hydrogen-bond acceptors (Lipinski definition) is 3. The Morgan fingerprint density at radius 3 is 2.24 bits per heavy atom. The molecule has 0 spiro atoms. The summed E-state index contributed by atoms with van der Waals surface area (Å²) in [7, 11) is 2.96. The summed E-state index contributed by atoms with van der Waals surface area (Å²) >= 11 is 0. The molecule has 6 heteroatoms. The standard InChI is InChI=1S/C15H15N3O3/c1-9-4-6-10(7-5-9)11-8-12-13(18(11)21)14(19)17(3)15(20)16(12)2/h4-8,21H,1-3H3. The third-order valence-corrected chi connectivity index (χ3v) is 3.75. The van der Waals surface area contributed by atoms with Gasteiger partial charge in [0.05, 0.1) is 11.2 Å². The molecule has 0 bridgehead atoms. The number of aromatic nitrogens is 3. The van der Waals surface area contributed by atoms with Crippen LogP contribution in [-0.2, 0) is 14.1 Å². The van der Waals surface area contributed by atoms with Crippen molar-refractivity contribution in [2.24, 2.45) is 14.1 Å². The van der Waals surface area contributed by atoms with Crippen molar-refractivity contribution in [1.29, 1.82) is 0 Å². The van der Waals surface area contributed by atoms with E-state index >= 15 is 0 Å². The third kappa shape index (κ3) is 1.79. The highest BCUT2D eigenvalue weighted by molar-refractivity contribution is 5.83. The predicted octanol–water partition coefficient (Wildman–Crippen LogP) is 1.25. The normalized spacial score (nSPS) is 11.2. The fourth-order valence-electron chi connectivity index (χ4n) is 2.45. The lowest BCUT2D eigenvalue weighted by Gasteiger charge is -2.04. The van der Waals surface area contributed by atoms with E-state index in [4.69, 9.17) is 0 Å². The van der Waals surface area contributed by atoms with Crippen LogP contribution in [0.5, 0.6) is 0 Å². The van der Waals surface area contributed by atoms with Crippen LogP contribution < -0.4 is 11.2 Å². The van der Waals surface area contributed by atoms with Gasteiger partial charge in [-0.3, -0.25) is 13.9 Å². The van der Waals surface area contributed by atoms with E-state index < -0.39 is 11.2 Å². The van der Waals surface area contributed by atoms with Gasteiger partial charge in [-0.15, -0.1) is 0 Å². The van der Waals surface area contributed by atoms with Crippen LogP contribution in [0.1, 0.15) is 5.56 Å². The molecule has 0 atom stereocenters. The van der Waals surface area contributed by atoms with Gasteiger partial charge in [0.15, 0.2) is 5.52 Å². The summed E-state index contributed by atoms with van der Waals surface area (Å²) in [6, 6.07) is 9.20. The van der Waals surface area contributed by atoms with Crippen LogP contribution >= 0.6 is 0 Å². The zero-order valence-corrected chi connectivity index (χ0v) is 12.0. The van der Waals surface area contributed by atoms with E-state index in [1.54, 1.807) is 13.1 Å². The summed E-state index contributed by atoms with van der Waals surface area (Å²) in [6.07, 6.45) is 0. The monoisotopic (exact) mass is 285 g/mol. The van der Waals surface area contributed by atoms with Gasteiger partial charge in [-0.1, -0.05) is 29.8 Å². The third-order valence-electron chi connectivity index (χ3n) is 3.75. The van der Waals surface area contributed by atoms with Crippen LogP contribution in [0.3, 0.4) is 0 Å². The number of rotatable bonds is 1. The molecule has 2 heterocycles. The van der Waals surface area contributed by atoms with E-state index in [0.717, 1.165) is 20.4 Å². The van der Waals surface area contributed by atoms with Crippen molar-refractivity contribution in [2.75, 3.05) is 0 Å². The van der Waals surface area contributed by atoms with Crippen molar-refractivity contribution >= 4 is 11.0 Å². The maximum atomic E-state index is 12.2. The molecule has 108 valence electrons. The fraction of sp³-hybridized carbons (Fsp3) is 0.200. The minimum absolute atomic E-state index is 0.0928. The number of fused-ring (bicyclic) bond motifs is 1. The Balaban J connectivity index is 2.43. The molecule has 0 fully saturated rings. The Bertz CT molecular complexity index is 959. The quantitative estimate of drug-likeness (QED) is 0.684. The average Bonchev–Trinajstić information content (AvgIpc) is 2.81. The van der Waals surface area contributed by atoms with Crippen molar-refractivity contribution in [2.45, 2.75) is 6.92 Å². The molecule has 3 rings (SSSR count). The largest absolute Gasteiger partial charge is 0.428 e. The summed E-state index contributed by atoms with van der Waals surface area (Å²) < 4.78 is 3.18. The minimum atomic E-state index is -0.519. The molecular formula is C15H15N3O3. The Kier molecular flexibility index (Phi) is 2.76. The lowest BCUT2D eigenvalue weighted by molar-refractivity contribution is 0.203. The van der Waals surface area contributed by atoms with Crippen LogP contribution in [0.4, 0.5) is 0 Å². The van der Waals surface area contributed by atoms with Gasteiger partial charge < -0.3 is 5.21 Å². The molecule has 0 aliphatic carbocycles. The number of benzene rings is 1. The molecule has 0 aliphatic heterocycles. The van der Waals surface area contributed by atoms with Crippen LogP contribution in [-0.4, -0.2) is 19.1 Å². The van der Waals surface area contributed by atoms with E-state index in [0.29, 0.717) is 11.2 Å². The summed E-state index contributed by atoms with van der Waals surface area (Å²) in [6.45, 7) is 1.97. The highest BCUT2D eigenvalue weighted by Crippen LogP contribution is 2.24. The van der Waals surface area contributed by atoms with E-state index in [9.17, 15) is 14.8 Å². The van der Waals surface area contributed by atoms with Crippen LogP contribution in [0.15, 0.2) is 39.9 Å². The molecule has 0 saturated heterocycles. The maximum absolute atomic E-state index is 12.2. The lowest BCUT2D eigenvalue weighted by Crippen LogP contribution is -2.37. The van der Waals surface area contributed by atoms with Crippen molar-refractivity contribution in [1.82, 2.24) is 13.9 Å². The van der Waals surface area contributed by atoms with Crippen molar-refractivity contribution < 1.29 is 5.21 Å².